The van der Waals surface area contributed by atoms with Gasteiger partial charge in [-0.3, -0.25) is 4.79 Å². The highest BCUT2D eigenvalue weighted by Gasteiger charge is 2.28. The van der Waals surface area contributed by atoms with Gasteiger partial charge in [-0.1, -0.05) is 62.1 Å². The molecular weight excluding hydrogens is 340 g/mol. The number of hydrogen-bond donors (Lipinski definition) is 3. The topological polar surface area (TPSA) is 77.8 Å². The van der Waals surface area contributed by atoms with Crippen molar-refractivity contribution in [1.82, 2.24) is 0 Å². The Balaban J connectivity index is 2.51. The Kier molecular flexibility index (Phi) is 10.0. The molecule has 0 fully saturated rings. The minimum absolute atomic E-state index is 0.0158. The lowest BCUT2D eigenvalue weighted by molar-refractivity contribution is -0.137. The molecule has 0 spiro atoms. The monoisotopic (exact) mass is 378 g/mol. The van der Waals surface area contributed by atoms with Crippen LogP contribution in [0.15, 0.2) is 35.5 Å². The first-order valence-corrected chi connectivity index (χ1v) is 10.2. The van der Waals surface area contributed by atoms with Crippen molar-refractivity contribution in [2.75, 3.05) is 0 Å². The predicted molar refractivity (Wildman–Crippen MR) is 111 cm³/mol. The van der Waals surface area contributed by atoms with Crippen LogP contribution in [0.2, 0.25) is 0 Å². The lowest BCUT2D eigenvalue weighted by Gasteiger charge is -2.28. The average Bonchev–Trinajstić information content (AvgIpc) is 2.93. The van der Waals surface area contributed by atoms with E-state index in [4.69, 9.17) is 5.11 Å². The summed E-state index contributed by atoms with van der Waals surface area (Å²) in [6.45, 7) is 8.23. The van der Waals surface area contributed by atoms with Gasteiger partial charge in [0.2, 0.25) is 0 Å². The Morgan fingerprint density at radius 2 is 1.93 bits per heavy atom. The minimum atomic E-state index is -0.729. The second-order valence-electron chi connectivity index (χ2n) is 8.72. The molecule has 0 saturated carbocycles. The molecule has 154 valence electrons. The van der Waals surface area contributed by atoms with E-state index >= 15 is 0 Å². The van der Waals surface area contributed by atoms with E-state index in [1.54, 1.807) is 0 Å². The summed E-state index contributed by atoms with van der Waals surface area (Å²) < 4.78 is 0. The van der Waals surface area contributed by atoms with E-state index in [2.05, 4.69) is 39.8 Å². The van der Waals surface area contributed by atoms with Crippen LogP contribution in [0.1, 0.15) is 79.1 Å². The van der Waals surface area contributed by atoms with Gasteiger partial charge in [-0.25, -0.2) is 0 Å². The normalized spacial score (nSPS) is 21.3. The summed E-state index contributed by atoms with van der Waals surface area (Å²) in [6, 6.07) is 0. The van der Waals surface area contributed by atoms with Gasteiger partial charge >= 0.3 is 5.97 Å². The molecule has 3 N–H and O–H groups in total. The molecule has 0 radical (unpaired) electrons. The van der Waals surface area contributed by atoms with Gasteiger partial charge in [0, 0.05) is 12.3 Å². The maximum absolute atomic E-state index is 10.6. The fraction of sp³-hybridized carbons (Fsp3) is 0.696. The van der Waals surface area contributed by atoms with Crippen LogP contribution in [0.3, 0.4) is 0 Å². The minimum Gasteiger partial charge on any atom is -0.481 e. The Morgan fingerprint density at radius 3 is 2.56 bits per heavy atom. The van der Waals surface area contributed by atoms with Gasteiger partial charge in [0.1, 0.15) is 0 Å². The molecule has 0 aromatic rings. The van der Waals surface area contributed by atoms with Crippen molar-refractivity contribution in [2.45, 2.75) is 91.3 Å². The van der Waals surface area contributed by atoms with Crippen LogP contribution in [0, 0.1) is 11.3 Å². The molecule has 0 heterocycles. The van der Waals surface area contributed by atoms with Gasteiger partial charge in [0.25, 0.3) is 0 Å². The third-order valence-electron chi connectivity index (χ3n) is 5.41. The summed E-state index contributed by atoms with van der Waals surface area (Å²) in [5, 5.41) is 29.5. The van der Waals surface area contributed by atoms with E-state index in [0.29, 0.717) is 6.42 Å². The summed E-state index contributed by atoms with van der Waals surface area (Å²) in [4.78, 5) is 10.5. The van der Waals surface area contributed by atoms with Crippen LogP contribution >= 0.6 is 0 Å². The molecule has 0 aromatic carbocycles. The summed E-state index contributed by atoms with van der Waals surface area (Å²) >= 11 is 0. The zero-order valence-corrected chi connectivity index (χ0v) is 17.4. The summed E-state index contributed by atoms with van der Waals surface area (Å²) in [6.07, 6.45) is 13.5. The third kappa shape index (κ3) is 8.89. The quantitative estimate of drug-likeness (QED) is 0.329. The fourth-order valence-electron chi connectivity index (χ4n) is 3.35. The maximum Gasteiger partial charge on any atom is 0.303 e. The Bertz CT molecular complexity index is 553. The number of hydrogen-bond acceptors (Lipinski definition) is 3. The molecule has 1 aliphatic rings. The van der Waals surface area contributed by atoms with Gasteiger partial charge in [-0.2, -0.15) is 0 Å². The number of aliphatic carboxylic acids is 1. The van der Waals surface area contributed by atoms with Crippen molar-refractivity contribution < 1.29 is 20.1 Å². The number of aliphatic hydroxyl groups is 2. The Labute approximate surface area is 164 Å². The third-order valence-corrected chi connectivity index (χ3v) is 5.41. The van der Waals surface area contributed by atoms with E-state index < -0.39 is 18.2 Å². The Morgan fingerprint density at radius 1 is 1.26 bits per heavy atom. The molecule has 27 heavy (non-hydrogen) atoms. The van der Waals surface area contributed by atoms with Crippen molar-refractivity contribution >= 4 is 5.97 Å². The highest BCUT2D eigenvalue weighted by Crippen LogP contribution is 2.33. The lowest BCUT2D eigenvalue weighted by atomic mass is 9.81. The molecule has 0 amide bonds. The van der Waals surface area contributed by atoms with Gasteiger partial charge in [-0.15, -0.1) is 0 Å². The largest absolute Gasteiger partial charge is 0.481 e. The second-order valence-corrected chi connectivity index (χ2v) is 8.72. The zero-order valence-electron chi connectivity index (χ0n) is 17.4. The van der Waals surface area contributed by atoms with Gasteiger partial charge < -0.3 is 15.3 Å². The highest BCUT2D eigenvalue weighted by atomic mass is 16.4. The molecule has 1 rings (SSSR count). The van der Waals surface area contributed by atoms with Crippen LogP contribution in [0.4, 0.5) is 0 Å². The number of unbranched alkanes of at least 4 members (excludes halogenated alkanes) is 3. The average molecular weight is 379 g/mol. The molecule has 0 aromatic heterocycles. The van der Waals surface area contributed by atoms with Crippen molar-refractivity contribution in [3.63, 3.8) is 0 Å². The molecule has 0 saturated heterocycles. The van der Waals surface area contributed by atoms with Gasteiger partial charge in [-0.05, 0) is 51.4 Å². The van der Waals surface area contributed by atoms with Crippen LogP contribution < -0.4 is 0 Å². The second kappa shape index (κ2) is 11.5. The molecule has 1 aliphatic carbocycles. The number of carboxylic acids is 1. The zero-order chi connectivity index (χ0) is 20.4. The Hall–Kier alpha value is -1.39. The first-order chi connectivity index (χ1) is 12.6. The van der Waals surface area contributed by atoms with Crippen molar-refractivity contribution in [1.29, 1.82) is 0 Å². The molecule has 0 bridgehead atoms. The number of aliphatic hydroxyl groups excluding tert-OH is 2. The lowest BCUT2D eigenvalue weighted by Crippen LogP contribution is -2.27. The van der Waals surface area contributed by atoms with Crippen LogP contribution in [-0.4, -0.2) is 33.5 Å². The SMILES string of the molecule is CC(C)=CCC(C)(C)[C@H](O)C=C[C@@H]1C(CCCCCCC(=O)O)=CC[C@H]1O. The van der Waals surface area contributed by atoms with E-state index in [9.17, 15) is 15.0 Å². The summed E-state index contributed by atoms with van der Waals surface area (Å²) in [5.74, 6) is -0.745. The summed E-state index contributed by atoms with van der Waals surface area (Å²) in [7, 11) is 0. The maximum atomic E-state index is 10.6. The number of carboxylic acid groups (broad SMARTS) is 1. The summed E-state index contributed by atoms with van der Waals surface area (Å²) in [5.41, 5.74) is 2.25. The molecular formula is C23H38O4. The van der Waals surface area contributed by atoms with Crippen LogP contribution in [-0.2, 0) is 4.79 Å². The standard InChI is InChI=1S/C23H38O4/c1-17(2)15-16-23(3,4)21(25)14-12-19-18(11-13-20(19)24)9-7-5-6-8-10-22(26)27/h11-12,14-15,19-21,24-25H,5-10,13,16H2,1-4H3,(H,26,27)/t19-,20-,21-/m1/s1. The van der Waals surface area contributed by atoms with E-state index in [0.717, 1.165) is 38.5 Å². The van der Waals surface area contributed by atoms with Crippen LogP contribution in [0.25, 0.3) is 0 Å². The first kappa shape index (κ1) is 23.6. The van der Waals surface area contributed by atoms with Gasteiger partial charge in [0.15, 0.2) is 0 Å². The predicted octanol–water partition coefficient (Wildman–Crippen LogP) is 5.02. The smallest absolute Gasteiger partial charge is 0.303 e. The van der Waals surface area contributed by atoms with E-state index in [1.165, 1.54) is 11.1 Å². The number of carbonyl (C=O) groups is 1. The molecule has 4 nitrogen and oxygen atoms in total. The molecule has 3 atom stereocenters. The molecule has 4 heteroatoms. The van der Waals surface area contributed by atoms with Crippen molar-refractivity contribution in [3.8, 4) is 0 Å². The highest BCUT2D eigenvalue weighted by molar-refractivity contribution is 5.66. The van der Waals surface area contributed by atoms with E-state index in [-0.39, 0.29) is 17.8 Å². The fourth-order valence-corrected chi connectivity index (χ4v) is 3.35. The van der Waals surface area contributed by atoms with Gasteiger partial charge in [0.05, 0.1) is 12.2 Å². The molecule has 0 aliphatic heterocycles. The van der Waals surface area contributed by atoms with Crippen molar-refractivity contribution in [3.05, 3.63) is 35.5 Å². The number of allylic oxidation sites excluding steroid dienone is 2. The number of rotatable bonds is 12. The van der Waals surface area contributed by atoms with Crippen molar-refractivity contribution in [2.24, 2.45) is 11.3 Å². The first-order valence-electron chi connectivity index (χ1n) is 10.2. The van der Waals surface area contributed by atoms with Crippen LogP contribution in [0.5, 0.6) is 0 Å². The molecule has 0 unspecified atom stereocenters. The van der Waals surface area contributed by atoms with E-state index in [1.807, 2.05) is 12.2 Å².